The van der Waals surface area contributed by atoms with E-state index >= 15 is 0 Å². The number of aliphatic hydroxyl groups is 1. The molecule has 0 radical (unpaired) electrons. The summed E-state index contributed by atoms with van der Waals surface area (Å²) in [6.07, 6.45) is 5.91. The Balaban J connectivity index is 2.19. The Labute approximate surface area is 90.5 Å². The lowest BCUT2D eigenvalue weighted by molar-refractivity contribution is -0.121. The molecule has 1 aliphatic carbocycles. The van der Waals surface area contributed by atoms with E-state index in [9.17, 15) is 4.79 Å². The number of thioether (sulfide) groups is 1. The van der Waals surface area contributed by atoms with Crippen molar-refractivity contribution in [3.8, 4) is 0 Å². The molecule has 0 aromatic rings. The van der Waals surface area contributed by atoms with Crippen LogP contribution in [-0.2, 0) is 4.79 Å². The van der Waals surface area contributed by atoms with Gasteiger partial charge < -0.3 is 5.11 Å². The minimum Gasteiger partial charge on any atom is -0.395 e. The van der Waals surface area contributed by atoms with Crippen molar-refractivity contribution >= 4 is 17.5 Å². The van der Waals surface area contributed by atoms with Crippen molar-refractivity contribution in [1.82, 2.24) is 0 Å². The fraction of sp³-hybridized carbons (Fsp3) is 0.909. The van der Waals surface area contributed by atoms with Crippen molar-refractivity contribution in [2.24, 2.45) is 5.92 Å². The molecule has 0 spiro atoms. The molecule has 1 rings (SSSR count). The van der Waals surface area contributed by atoms with Crippen molar-refractivity contribution in [3.05, 3.63) is 0 Å². The first-order valence-electron chi connectivity index (χ1n) is 5.49. The predicted octanol–water partition coefficient (Wildman–Crippen LogP) is 2.25. The van der Waals surface area contributed by atoms with Crippen LogP contribution >= 0.6 is 11.8 Å². The second kappa shape index (κ2) is 6.46. The molecule has 1 atom stereocenters. The third-order valence-electron chi connectivity index (χ3n) is 2.83. The Hall–Kier alpha value is -0.0200. The standard InChI is InChI=1S/C11H20O2S/c1-9(7-12)14-8-11(13)10-5-3-2-4-6-10/h9-10,12H,2-8H2,1H3. The van der Waals surface area contributed by atoms with Crippen LogP contribution < -0.4 is 0 Å². The molecule has 1 unspecified atom stereocenters. The van der Waals surface area contributed by atoms with Gasteiger partial charge >= 0.3 is 0 Å². The second-order valence-electron chi connectivity index (χ2n) is 4.11. The van der Waals surface area contributed by atoms with E-state index in [-0.39, 0.29) is 11.9 Å². The highest BCUT2D eigenvalue weighted by molar-refractivity contribution is 8.00. The van der Waals surface area contributed by atoms with Crippen molar-refractivity contribution in [2.75, 3.05) is 12.4 Å². The van der Waals surface area contributed by atoms with Gasteiger partial charge in [0, 0.05) is 11.2 Å². The van der Waals surface area contributed by atoms with Crippen LogP contribution in [0.15, 0.2) is 0 Å². The predicted molar refractivity (Wildman–Crippen MR) is 60.6 cm³/mol. The van der Waals surface area contributed by atoms with E-state index in [1.54, 1.807) is 11.8 Å². The topological polar surface area (TPSA) is 37.3 Å². The SMILES string of the molecule is CC(CO)SCC(=O)C1CCCCC1. The summed E-state index contributed by atoms with van der Waals surface area (Å²) >= 11 is 1.58. The van der Waals surface area contributed by atoms with E-state index in [0.29, 0.717) is 17.5 Å². The maximum atomic E-state index is 11.7. The summed E-state index contributed by atoms with van der Waals surface area (Å²) in [4.78, 5) is 11.7. The van der Waals surface area contributed by atoms with E-state index in [2.05, 4.69) is 0 Å². The van der Waals surface area contributed by atoms with E-state index in [1.165, 1.54) is 19.3 Å². The van der Waals surface area contributed by atoms with Gasteiger partial charge in [0.25, 0.3) is 0 Å². The van der Waals surface area contributed by atoms with Gasteiger partial charge in [0.15, 0.2) is 0 Å². The molecular formula is C11H20O2S. The number of hydrogen-bond acceptors (Lipinski definition) is 3. The van der Waals surface area contributed by atoms with Crippen LogP contribution in [0.5, 0.6) is 0 Å². The molecule has 2 nitrogen and oxygen atoms in total. The first-order chi connectivity index (χ1) is 6.74. The quantitative estimate of drug-likeness (QED) is 0.766. The Morgan fingerprint density at radius 3 is 2.64 bits per heavy atom. The highest BCUT2D eigenvalue weighted by atomic mass is 32.2. The molecule has 1 fully saturated rings. The summed E-state index contributed by atoms with van der Waals surface area (Å²) in [7, 11) is 0. The third-order valence-corrected chi connectivity index (χ3v) is 4.00. The van der Waals surface area contributed by atoms with Crippen LogP contribution in [0, 0.1) is 5.92 Å². The number of carbonyl (C=O) groups is 1. The van der Waals surface area contributed by atoms with Gasteiger partial charge in [0.1, 0.15) is 5.78 Å². The van der Waals surface area contributed by atoms with Crippen LogP contribution in [0.3, 0.4) is 0 Å². The first kappa shape index (κ1) is 12.1. The van der Waals surface area contributed by atoms with Crippen molar-refractivity contribution in [3.63, 3.8) is 0 Å². The van der Waals surface area contributed by atoms with Crippen molar-refractivity contribution < 1.29 is 9.90 Å². The number of carbonyl (C=O) groups excluding carboxylic acids is 1. The molecule has 0 saturated heterocycles. The molecule has 0 aliphatic heterocycles. The lowest BCUT2D eigenvalue weighted by atomic mass is 9.87. The molecule has 0 amide bonds. The lowest BCUT2D eigenvalue weighted by Crippen LogP contribution is -2.20. The summed E-state index contributed by atoms with van der Waals surface area (Å²) in [6, 6.07) is 0. The smallest absolute Gasteiger partial charge is 0.145 e. The zero-order valence-corrected chi connectivity index (χ0v) is 9.68. The molecule has 0 heterocycles. The summed E-state index contributed by atoms with van der Waals surface area (Å²) in [5.74, 6) is 1.31. The Bertz CT molecular complexity index is 176. The van der Waals surface area contributed by atoms with Crippen molar-refractivity contribution in [2.45, 2.75) is 44.3 Å². The van der Waals surface area contributed by atoms with Crippen molar-refractivity contribution in [1.29, 1.82) is 0 Å². The largest absolute Gasteiger partial charge is 0.395 e. The van der Waals surface area contributed by atoms with E-state index in [1.807, 2.05) is 6.92 Å². The zero-order valence-electron chi connectivity index (χ0n) is 8.87. The number of rotatable bonds is 5. The van der Waals surface area contributed by atoms with Gasteiger partial charge in [-0.25, -0.2) is 0 Å². The number of ketones is 1. The highest BCUT2D eigenvalue weighted by Gasteiger charge is 2.21. The molecule has 0 aromatic heterocycles. The van der Waals surface area contributed by atoms with E-state index in [0.717, 1.165) is 12.8 Å². The monoisotopic (exact) mass is 216 g/mol. The highest BCUT2D eigenvalue weighted by Crippen LogP contribution is 2.26. The van der Waals surface area contributed by atoms with Crippen LogP contribution in [0.25, 0.3) is 0 Å². The van der Waals surface area contributed by atoms with Crippen LogP contribution in [0.2, 0.25) is 0 Å². The molecular weight excluding hydrogens is 196 g/mol. The summed E-state index contributed by atoms with van der Waals surface area (Å²) in [5, 5.41) is 9.02. The fourth-order valence-corrected chi connectivity index (χ4v) is 2.61. The normalized spacial score (nSPS) is 20.7. The number of hydrogen-bond donors (Lipinski definition) is 1. The lowest BCUT2D eigenvalue weighted by Gasteiger charge is -2.20. The zero-order chi connectivity index (χ0) is 10.4. The van der Waals surface area contributed by atoms with E-state index < -0.39 is 0 Å². The Kier molecular flexibility index (Phi) is 5.56. The first-order valence-corrected chi connectivity index (χ1v) is 6.54. The summed E-state index contributed by atoms with van der Waals surface area (Å²) in [6.45, 7) is 2.13. The molecule has 14 heavy (non-hydrogen) atoms. The van der Waals surface area contributed by atoms with Gasteiger partial charge in [0.2, 0.25) is 0 Å². The number of Topliss-reactive ketones (excluding diaryl/α,β-unsaturated/α-hetero) is 1. The molecule has 1 N–H and O–H groups in total. The molecule has 0 bridgehead atoms. The van der Waals surface area contributed by atoms with Gasteiger partial charge in [-0.2, -0.15) is 0 Å². The van der Waals surface area contributed by atoms with Gasteiger partial charge in [-0.3, -0.25) is 4.79 Å². The minimum absolute atomic E-state index is 0.169. The molecule has 0 aromatic carbocycles. The Morgan fingerprint density at radius 2 is 2.07 bits per heavy atom. The van der Waals surface area contributed by atoms with Gasteiger partial charge in [0.05, 0.1) is 12.4 Å². The van der Waals surface area contributed by atoms with Crippen LogP contribution in [0.4, 0.5) is 0 Å². The second-order valence-corrected chi connectivity index (χ2v) is 5.53. The minimum atomic E-state index is 0.169. The molecule has 82 valence electrons. The molecule has 1 saturated carbocycles. The van der Waals surface area contributed by atoms with Gasteiger partial charge in [-0.05, 0) is 12.8 Å². The molecule has 3 heteroatoms. The number of aliphatic hydroxyl groups excluding tert-OH is 1. The fourth-order valence-electron chi connectivity index (χ4n) is 1.82. The van der Waals surface area contributed by atoms with Crippen LogP contribution in [-0.4, -0.2) is 28.5 Å². The third kappa shape index (κ3) is 4.01. The summed E-state index contributed by atoms with van der Waals surface area (Å²) < 4.78 is 0. The van der Waals surface area contributed by atoms with Crippen LogP contribution in [0.1, 0.15) is 39.0 Å². The maximum absolute atomic E-state index is 11.7. The van der Waals surface area contributed by atoms with Gasteiger partial charge in [-0.15, -0.1) is 11.8 Å². The van der Waals surface area contributed by atoms with E-state index in [4.69, 9.17) is 5.11 Å². The average Bonchev–Trinajstić information content (AvgIpc) is 2.26. The average molecular weight is 216 g/mol. The summed E-state index contributed by atoms with van der Waals surface area (Å²) in [5.41, 5.74) is 0. The van der Waals surface area contributed by atoms with Gasteiger partial charge in [-0.1, -0.05) is 26.2 Å². The maximum Gasteiger partial charge on any atom is 0.145 e. The molecule has 1 aliphatic rings. The Morgan fingerprint density at radius 1 is 1.43 bits per heavy atom.